The standard InChI is InChI=1S/C29H34ClN3O2S/c1-7-9-26(33-20(3)32-21(4)36)19-35-27-12-10-24(11-13-27)29(5,6)25-16-22(8-2)28(34-15-14-30)23(17-25)18-31/h7,9-13,16-17H,3,8,14-15,19H2,1-2,4-6H3,(H,32,36)/b9-7-,33-26+. The second-order valence-electron chi connectivity index (χ2n) is 8.68. The first-order valence-electron chi connectivity index (χ1n) is 11.8. The number of aliphatic imine (C=N–C) groups is 1. The summed E-state index contributed by atoms with van der Waals surface area (Å²) in [5, 5.41) is 12.7. The van der Waals surface area contributed by atoms with Crippen LogP contribution in [0.5, 0.6) is 11.5 Å². The third-order valence-corrected chi connectivity index (χ3v) is 5.89. The van der Waals surface area contributed by atoms with Gasteiger partial charge < -0.3 is 14.8 Å². The van der Waals surface area contributed by atoms with E-state index in [0.717, 1.165) is 34.6 Å². The average Bonchev–Trinajstić information content (AvgIpc) is 2.85. The molecule has 0 heterocycles. The Kier molecular flexibility index (Phi) is 11.2. The zero-order valence-electron chi connectivity index (χ0n) is 21.7. The molecule has 0 aliphatic heterocycles. The number of rotatable bonds is 12. The molecule has 0 fully saturated rings. The Bertz CT molecular complexity index is 1180. The molecule has 190 valence electrons. The molecule has 0 aromatic heterocycles. The van der Waals surface area contributed by atoms with E-state index in [0.29, 0.717) is 41.2 Å². The van der Waals surface area contributed by atoms with Gasteiger partial charge in [-0.25, -0.2) is 4.99 Å². The van der Waals surface area contributed by atoms with Gasteiger partial charge in [0.2, 0.25) is 0 Å². The maximum Gasteiger partial charge on any atom is 0.140 e. The normalized spacial score (nSPS) is 11.8. The molecule has 7 heteroatoms. The number of aryl methyl sites for hydroxylation is 1. The number of hydrogen-bond donors (Lipinski definition) is 1. The van der Waals surface area contributed by atoms with Crippen LogP contribution in [0.1, 0.15) is 56.9 Å². The van der Waals surface area contributed by atoms with Crippen molar-refractivity contribution in [3.8, 4) is 17.6 Å². The van der Waals surface area contributed by atoms with Crippen LogP contribution in [-0.4, -0.2) is 29.8 Å². The largest absolute Gasteiger partial charge is 0.491 e. The lowest BCUT2D eigenvalue weighted by atomic mass is 9.77. The van der Waals surface area contributed by atoms with E-state index < -0.39 is 0 Å². The molecule has 36 heavy (non-hydrogen) atoms. The van der Waals surface area contributed by atoms with Crippen LogP contribution in [0.15, 0.2) is 65.9 Å². The second-order valence-corrected chi connectivity index (χ2v) is 9.67. The summed E-state index contributed by atoms with van der Waals surface area (Å²) in [7, 11) is 0. The minimum Gasteiger partial charge on any atom is -0.491 e. The predicted octanol–water partition coefficient (Wildman–Crippen LogP) is 6.87. The number of benzene rings is 2. The molecule has 2 aromatic rings. The van der Waals surface area contributed by atoms with Crippen molar-refractivity contribution >= 4 is 34.5 Å². The summed E-state index contributed by atoms with van der Waals surface area (Å²) in [6, 6.07) is 14.3. The minimum atomic E-state index is -0.335. The van der Waals surface area contributed by atoms with Crippen LogP contribution in [0, 0.1) is 11.3 Å². The summed E-state index contributed by atoms with van der Waals surface area (Å²) in [6.07, 6.45) is 4.53. The van der Waals surface area contributed by atoms with Crippen molar-refractivity contribution in [1.29, 1.82) is 5.26 Å². The SMILES string of the molecule is C=C(/N=C(\C=C/C)COc1ccc(C(C)(C)c2cc(C#N)c(OCCCl)c(CC)c2)cc1)NC(C)=S. The average molecular weight is 524 g/mol. The molecule has 0 bridgehead atoms. The van der Waals surface area contributed by atoms with E-state index in [2.05, 4.69) is 49.8 Å². The van der Waals surface area contributed by atoms with Gasteiger partial charge >= 0.3 is 0 Å². The lowest BCUT2D eigenvalue weighted by molar-refractivity contribution is 0.338. The van der Waals surface area contributed by atoms with E-state index in [9.17, 15) is 5.26 Å². The highest BCUT2D eigenvalue weighted by molar-refractivity contribution is 7.80. The molecule has 5 nitrogen and oxygen atoms in total. The summed E-state index contributed by atoms with van der Waals surface area (Å²) in [5.41, 5.74) is 4.06. The van der Waals surface area contributed by atoms with E-state index in [1.165, 1.54) is 0 Å². The van der Waals surface area contributed by atoms with E-state index in [1.807, 2.05) is 49.4 Å². The first kappa shape index (κ1) is 29.1. The number of nitrogens with one attached hydrogen (secondary N) is 1. The molecular weight excluding hydrogens is 490 g/mol. The number of hydrogen-bond acceptors (Lipinski definition) is 5. The lowest BCUT2D eigenvalue weighted by Gasteiger charge is -2.28. The van der Waals surface area contributed by atoms with Gasteiger partial charge in [0.25, 0.3) is 0 Å². The predicted molar refractivity (Wildman–Crippen MR) is 154 cm³/mol. The topological polar surface area (TPSA) is 66.6 Å². The third-order valence-electron chi connectivity index (χ3n) is 5.63. The summed E-state index contributed by atoms with van der Waals surface area (Å²) >= 11 is 10.8. The monoisotopic (exact) mass is 523 g/mol. The van der Waals surface area contributed by atoms with Gasteiger partial charge in [0.15, 0.2) is 0 Å². The second kappa shape index (κ2) is 13.8. The fourth-order valence-electron chi connectivity index (χ4n) is 3.71. The summed E-state index contributed by atoms with van der Waals surface area (Å²) in [4.78, 5) is 5.05. The van der Waals surface area contributed by atoms with Crippen LogP contribution < -0.4 is 14.8 Å². The van der Waals surface area contributed by atoms with Crippen molar-refractivity contribution in [3.05, 3.63) is 83.2 Å². The number of nitriles is 1. The highest BCUT2D eigenvalue weighted by Gasteiger charge is 2.26. The fourth-order valence-corrected chi connectivity index (χ4v) is 3.91. The zero-order valence-corrected chi connectivity index (χ0v) is 23.2. The first-order valence-corrected chi connectivity index (χ1v) is 12.8. The quantitative estimate of drug-likeness (QED) is 0.187. The summed E-state index contributed by atoms with van der Waals surface area (Å²) < 4.78 is 11.8. The third kappa shape index (κ3) is 7.94. The van der Waals surface area contributed by atoms with E-state index in [4.69, 9.17) is 33.3 Å². The van der Waals surface area contributed by atoms with Gasteiger partial charge in [-0.3, -0.25) is 0 Å². The Morgan fingerprint density at radius 2 is 1.92 bits per heavy atom. The van der Waals surface area contributed by atoms with E-state index >= 15 is 0 Å². The Labute approximate surface area is 225 Å². The van der Waals surface area contributed by atoms with E-state index in [-0.39, 0.29) is 5.41 Å². The van der Waals surface area contributed by atoms with Crippen molar-refractivity contribution in [1.82, 2.24) is 5.32 Å². The van der Waals surface area contributed by atoms with Gasteiger partial charge in [-0.15, -0.1) is 11.6 Å². The van der Waals surface area contributed by atoms with Gasteiger partial charge in [-0.05, 0) is 61.2 Å². The van der Waals surface area contributed by atoms with Crippen LogP contribution in [-0.2, 0) is 11.8 Å². The molecule has 0 aliphatic rings. The Morgan fingerprint density at radius 1 is 1.22 bits per heavy atom. The van der Waals surface area contributed by atoms with Crippen molar-refractivity contribution in [2.75, 3.05) is 19.1 Å². The molecule has 2 aromatic carbocycles. The smallest absolute Gasteiger partial charge is 0.140 e. The van der Waals surface area contributed by atoms with Gasteiger partial charge in [-0.2, -0.15) is 5.26 Å². The fraction of sp³-hybridized carbons (Fsp3) is 0.345. The number of nitrogens with zero attached hydrogens (tertiary/aromatic N) is 2. The molecule has 1 N–H and O–H groups in total. The highest BCUT2D eigenvalue weighted by atomic mass is 35.5. The van der Waals surface area contributed by atoms with Crippen LogP contribution in [0.25, 0.3) is 0 Å². The lowest BCUT2D eigenvalue weighted by Crippen LogP contribution is -2.20. The molecule has 0 saturated carbocycles. The molecular formula is C29H34ClN3O2S. The van der Waals surface area contributed by atoms with Gasteiger partial charge in [-0.1, -0.05) is 63.8 Å². The molecule has 0 radical (unpaired) electrons. The maximum atomic E-state index is 9.76. The zero-order chi connectivity index (χ0) is 26.7. The first-order chi connectivity index (χ1) is 17.2. The van der Waals surface area contributed by atoms with Crippen LogP contribution in [0.4, 0.5) is 0 Å². The van der Waals surface area contributed by atoms with Crippen molar-refractivity contribution in [2.24, 2.45) is 4.99 Å². The summed E-state index contributed by atoms with van der Waals surface area (Å²) in [5.74, 6) is 2.20. The number of allylic oxidation sites excluding steroid dienone is 1. The van der Waals surface area contributed by atoms with Crippen LogP contribution in [0.2, 0.25) is 0 Å². The van der Waals surface area contributed by atoms with Crippen LogP contribution >= 0.6 is 23.8 Å². The van der Waals surface area contributed by atoms with Crippen LogP contribution in [0.3, 0.4) is 0 Å². The van der Waals surface area contributed by atoms with Gasteiger partial charge in [0, 0.05) is 5.41 Å². The van der Waals surface area contributed by atoms with Crippen molar-refractivity contribution < 1.29 is 9.47 Å². The van der Waals surface area contributed by atoms with Gasteiger partial charge in [0.05, 0.1) is 22.1 Å². The molecule has 0 saturated heterocycles. The Morgan fingerprint density at radius 3 is 2.47 bits per heavy atom. The molecule has 0 aliphatic carbocycles. The molecule has 0 atom stereocenters. The molecule has 0 unspecified atom stereocenters. The number of ether oxygens (including phenoxy) is 2. The summed E-state index contributed by atoms with van der Waals surface area (Å²) in [6.45, 7) is 14.6. The number of halogens is 1. The van der Waals surface area contributed by atoms with Crippen molar-refractivity contribution in [3.63, 3.8) is 0 Å². The molecule has 0 spiro atoms. The van der Waals surface area contributed by atoms with E-state index in [1.54, 1.807) is 6.92 Å². The molecule has 0 amide bonds. The Hall–Kier alpha value is -3.14. The van der Waals surface area contributed by atoms with Crippen molar-refractivity contribution in [2.45, 2.75) is 46.5 Å². The van der Waals surface area contributed by atoms with Gasteiger partial charge in [0.1, 0.15) is 36.6 Å². The highest BCUT2D eigenvalue weighted by Crippen LogP contribution is 2.37. The number of alkyl halides is 1. The number of thiocarbonyl (C=S) groups is 1. The molecule has 2 rings (SSSR count). The maximum absolute atomic E-state index is 9.76. The Balaban J connectivity index is 2.25. The minimum absolute atomic E-state index is 0.291.